The molecular formula is C25H32O8. The summed E-state index contributed by atoms with van der Waals surface area (Å²) >= 11 is 0. The minimum atomic E-state index is -1.48. The van der Waals surface area contributed by atoms with Gasteiger partial charge in [0, 0.05) is 12.8 Å². The zero-order valence-corrected chi connectivity index (χ0v) is 18.4. The highest BCUT2D eigenvalue weighted by molar-refractivity contribution is 5.78. The Morgan fingerprint density at radius 1 is 0.818 bits per heavy atom. The van der Waals surface area contributed by atoms with Gasteiger partial charge in [0.1, 0.15) is 41.7 Å². The molecule has 0 unspecified atom stereocenters. The van der Waals surface area contributed by atoms with Crippen LogP contribution in [0.4, 0.5) is 0 Å². The van der Waals surface area contributed by atoms with Crippen LogP contribution in [0.25, 0.3) is 0 Å². The number of aryl methyl sites for hydroxylation is 2. The van der Waals surface area contributed by atoms with Crippen LogP contribution in [0.15, 0.2) is 48.5 Å². The molecule has 1 aliphatic heterocycles. The average molecular weight is 461 g/mol. The van der Waals surface area contributed by atoms with Gasteiger partial charge in [-0.2, -0.15) is 0 Å². The number of phenols is 1. The first-order chi connectivity index (χ1) is 15.9. The Morgan fingerprint density at radius 3 is 2.12 bits per heavy atom. The number of Topliss-reactive ketones (excluding diaryl/α,β-unsaturated/α-hetero) is 1. The Bertz CT molecular complexity index is 865. The molecule has 8 nitrogen and oxygen atoms in total. The highest BCUT2D eigenvalue weighted by Crippen LogP contribution is 2.25. The Kier molecular flexibility index (Phi) is 9.22. The molecule has 1 aliphatic rings. The summed E-state index contributed by atoms with van der Waals surface area (Å²) in [6.07, 6.45) is -2.39. The second kappa shape index (κ2) is 12.1. The highest BCUT2D eigenvalue weighted by Gasteiger charge is 2.44. The molecule has 0 saturated carbocycles. The van der Waals surface area contributed by atoms with Crippen molar-refractivity contribution < 1.29 is 39.8 Å². The third-order valence-corrected chi connectivity index (χ3v) is 5.82. The molecule has 0 spiro atoms. The van der Waals surface area contributed by atoms with E-state index in [9.17, 15) is 30.3 Å². The maximum Gasteiger partial charge on any atom is 0.229 e. The molecule has 1 saturated heterocycles. The van der Waals surface area contributed by atoms with Gasteiger partial charge in [0.25, 0.3) is 0 Å². The van der Waals surface area contributed by atoms with E-state index >= 15 is 0 Å². The van der Waals surface area contributed by atoms with Crippen LogP contribution in [0.5, 0.6) is 11.5 Å². The van der Waals surface area contributed by atoms with Gasteiger partial charge in [0.05, 0.1) is 6.61 Å². The minimum Gasteiger partial charge on any atom is -0.508 e. The van der Waals surface area contributed by atoms with Gasteiger partial charge in [-0.25, -0.2) is 0 Å². The van der Waals surface area contributed by atoms with E-state index < -0.39 is 37.3 Å². The maximum absolute atomic E-state index is 12.1. The van der Waals surface area contributed by atoms with Gasteiger partial charge in [-0.1, -0.05) is 24.3 Å². The van der Waals surface area contributed by atoms with E-state index in [2.05, 4.69) is 0 Å². The van der Waals surface area contributed by atoms with Crippen molar-refractivity contribution in [3.8, 4) is 11.5 Å². The third-order valence-electron chi connectivity index (χ3n) is 5.82. The summed E-state index contributed by atoms with van der Waals surface area (Å²) in [6, 6.07) is 14.1. The van der Waals surface area contributed by atoms with E-state index in [4.69, 9.17) is 9.47 Å². The summed E-state index contributed by atoms with van der Waals surface area (Å²) in [7, 11) is 0. The quantitative estimate of drug-likeness (QED) is 0.318. The topological polar surface area (TPSA) is 137 Å². The van der Waals surface area contributed by atoms with Gasteiger partial charge < -0.3 is 35.0 Å². The number of aromatic hydroxyl groups is 1. The van der Waals surface area contributed by atoms with Crippen molar-refractivity contribution in [2.45, 2.75) is 69.2 Å². The van der Waals surface area contributed by atoms with E-state index in [0.717, 1.165) is 30.4 Å². The zero-order valence-electron chi connectivity index (χ0n) is 18.4. The highest BCUT2D eigenvalue weighted by atomic mass is 16.7. The van der Waals surface area contributed by atoms with E-state index in [1.54, 1.807) is 24.3 Å². The van der Waals surface area contributed by atoms with Crippen LogP contribution in [0.3, 0.4) is 0 Å². The number of ether oxygens (including phenoxy) is 2. The monoisotopic (exact) mass is 460 g/mol. The Hall–Kier alpha value is -2.49. The normalized spacial score (nSPS) is 25.0. The number of rotatable bonds is 11. The van der Waals surface area contributed by atoms with E-state index in [1.165, 1.54) is 0 Å². The minimum absolute atomic E-state index is 0.221. The number of hydrogen-bond donors (Lipinski definition) is 5. The van der Waals surface area contributed by atoms with Crippen molar-refractivity contribution in [2.75, 3.05) is 6.61 Å². The van der Waals surface area contributed by atoms with Gasteiger partial charge in [0.15, 0.2) is 0 Å². The number of phenolic OH excluding ortho intramolecular Hbond substituents is 1. The molecule has 1 heterocycles. The predicted molar refractivity (Wildman–Crippen MR) is 120 cm³/mol. The standard InChI is InChI=1S/C25H32O8/c26-15-21-22(29)23(30)24(31)25(33-21)32-20-13-8-16(9-14-20)3-1-2-4-18(27)10-5-17-6-11-19(28)12-7-17/h6-9,11-14,21-26,28-31H,1-5,10,15H2/t21-,22-,23+,24-,25-/m1/s1. The van der Waals surface area contributed by atoms with Crippen molar-refractivity contribution in [1.82, 2.24) is 0 Å². The largest absolute Gasteiger partial charge is 0.508 e. The SMILES string of the molecule is O=C(CCCCc1ccc(O[C@@H]2O[C@H](CO)[C@@H](O)[C@H](O)[C@H]2O)cc1)CCc1ccc(O)cc1. The van der Waals surface area contributed by atoms with Crippen LogP contribution in [0, 0.1) is 0 Å². The molecule has 0 amide bonds. The second-order valence-electron chi connectivity index (χ2n) is 8.37. The van der Waals surface area contributed by atoms with Gasteiger partial charge in [-0.3, -0.25) is 4.79 Å². The molecule has 1 fully saturated rings. The van der Waals surface area contributed by atoms with Gasteiger partial charge >= 0.3 is 0 Å². The van der Waals surface area contributed by atoms with Crippen molar-refractivity contribution in [3.63, 3.8) is 0 Å². The predicted octanol–water partition coefficient (Wildman–Crippen LogP) is 1.49. The summed E-state index contributed by atoms with van der Waals surface area (Å²) in [4.78, 5) is 12.1. The fraction of sp³-hybridized carbons (Fsp3) is 0.480. The molecule has 2 aromatic carbocycles. The Morgan fingerprint density at radius 2 is 1.45 bits per heavy atom. The fourth-order valence-electron chi connectivity index (χ4n) is 3.76. The molecule has 5 N–H and O–H groups in total. The number of aliphatic hydroxyl groups is 4. The van der Waals surface area contributed by atoms with Gasteiger partial charge in [-0.15, -0.1) is 0 Å². The number of carbonyl (C=O) groups excluding carboxylic acids is 1. The van der Waals surface area contributed by atoms with Crippen LogP contribution < -0.4 is 4.74 Å². The molecule has 3 rings (SSSR count). The molecule has 0 radical (unpaired) electrons. The summed E-state index contributed by atoms with van der Waals surface area (Å²) in [5.74, 6) is 0.873. The lowest BCUT2D eigenvalue weighted by Crippen LogP contribution is -2.60. The van der Waals surface area contributed by atoms with Crippen LogP contribution in [0.2, 0.25) is 0 Å². The van der Waals surface area contributed by atoms with Crippen LogP contribution in [0.1, 0.15) is 36.8 Å². The molecule has 180 valence electrons. The van der Waals surface area contributed by atoms with Crippen molar-refractivity contribution in [1.29, 1.82) is 0 Å². The smallest absolute Gasteiger partial charge is 0.229 e. The summed E-state index contributed by atoms with van der Waals surface area (Å²) in [5, 5.41) is 48.3. The number of hydrogen-bond acceptors (Lipinski definition) is 8. The van der Waals surface area contributed by atoms with Crippen molar-refractivity contribution in [2.24, 2.45) is 0 Å². The average Bonchev–Trinajstić information content (AvgIpc) is 2.82. The first-order valence-corrected chi connectivity index (χ1v) is 11.2. The molecule has 5 atom stereocenters. The number of unbranched alkanes of at least 4 members (excludes halogenated alkanes) is 1. The molecular weight excluding hydrogens is 428 g/mol. The first-order valence-electron chi connectivity index (χ1n) is 11.2. The number of aliphatic hydroxyl groups excluding tert-OH is 4. The molecule has 2 aromatic rings. The van der Waals surface area contributed by atoms with Crippen molar-refractivity contribution in [3.05, 3.63) is 59.7 Å². The third kappa shape index (κ3) is 7.25. The lowest BCUT2D eigenvalue weighted by Gasteiger charge is -2.39. The van der Waals surface area contributed by atoms with Crippen molar-refractivity contribution >= 4 is 5.78 Å². The number of carbonyl (C=O) groups is 1. The van der Waals surface area contributed by atoms with Crippen LogP contribution in [-0.4, -0.2) is 68.6 Å². The molecule has 33 heavy (non-hydrogen) atoms. The maximum atomic E-state index is 12.1. The van der Waals surface area contributed by atoms with Gasteiger partial charge in [-0.05, 0) is 61.1 Å². The molecule has 8 heteroatoms. The zero-order chi connectivity index (χ0) is 23.8. The Balaban J connectivity index is 1.37. The van der Waals surface area contributed by atoms with E-state index in [0.29, 0.717) is 25.0 Å². The number of ketones is 1. The fourth-order valence-corrected chi connectivity index (χ4v) is 3.76. The molecule has 0 aliphatic carbocycles. The second-order valence-corrected chi connectivity index (χ2v) is 8.37. The first kappa shape index (κ1) is 25.1. The lowest BCUT2D eigenvalue weighted by molar-refractivity contribution is -0.277. The number of benzene rings is 2. The van der Waals surface area contributed by atoms with Crippen LogP contribution in [-0.2, 0) is 22.4 Å². The van der Waals surface area contributed by atoms with Crippen LogP contribution >= 0.6 is 0 Å². The van der Waals surface area contributed by atoms with E-state index in [-0.39, 0.29) is 11.5 Å². The summed E-state index contributed by atoms with van der Waals surface area (Å²) in [6.45, 7) is -0.511. The van der Waals surface area contributed by atoms with E-state index in [1.807, 2.05) is 24.3 Å². The lowest BCUT2D eigenvalue weighted by atomic mass is 9.99. The molecule has 0 bridgehead atoms. The molecule has 0 aromatic heterocycles. The Labute approximate surface area is 193 Å². The van der Waals surface area contributed by atoms with Gasteiger partial charge in [0.2, 0.25) is 6.29 Å². The summed E-state index contributed by atoms with van der Waals surface area (Å²) < 4.78 is 10.9. The summed E-state index contributed by atoms with van der Waals surface area (Å²) in [5.41, 5.74) is 2.11.